The predicted octanol–water partition coefficient (Wildman–Crippen LogP) is 2.31. The number of aromatic nitrogens is 1. The van der Waals surface area contributed by atoms with Crippen LogP contribution in [0.15, 0.2) is 41.7 Å². The average Bonchev–Trinajstić information content (AvgIpc) is 2.85. The summed E-state index contributed by atoms with van der Waals surface area (Å²) in [5.41, 5.74) is 3.23. The minimum atomic E-state index is -0.743. The fraction of sp³-hybridized carbons (Fsp3) is 0.0833. The lowest BCUT2D eigenvalue weighted by Gasteiger charge is -2.21. The number of hydrogen-bond donors (Lipinski definition) is 1. The van der Waals surface area contributed by atoms with E-state index >= 15 is 0 Å². The lowest BCUT2D eigenvalue weighted by Crippen LogP contribution is -2.14. The van der Waals surface area contributed by atoms with Gasteiger partial charge in [-0.2, -0.15) is 0 Å². The van der Waals surface area contributed by atoms with Crippen molar-refractivity contribution in [3.63, 3.8) is 0 Å². The van der Waals surface area contributed by atoms with Crippen LogP contribution < -0.4 is 5.32 Å². The molecule has 0 spiro atoms. The second-order valence-corrected chi connectivity index (χ2v) is 3.85. The van der Waals surface area contributed by atoms with Crippen LogP contribution in [0.2, 0.25) is 0 Å². The van der Waals surface area contributed by atoms with Crippen molar-refractivity contribution >= 4 is 11.6 Å². The van der Waals surface area contributed by atoms with E-state index in [-0.39, 0.29) is 0 Å². The van der Waals surface area contributed by atoms with Gasteiger partial charge in [-0.1, -0.05) is 0 Å². The highest BCUT2D eigenvalue weighted by Crippen LogP contribution is 2.28. The number of hydrogen-bond acceptors (Lipinski definition) is 3. The summed E-state index contributed by atoms with van der Waals surface area (Å²) in [5, 5.41) is 5.68. The number of nitroso groups, excluding NO2 is 1. The Morgan fingerprint density at radius 1 is 1.35 bits per heavy atom. The molecular weight excluding hydrogens is 218 g/mol. The highest BCUT2D eigenvalue weighted by molar-refractivity contribution is 5.96. The second kappa shape index (κ2) is 3.55. The van der Waals surface area contributed by atoms with Gasteiger partial charge in [-0.3, -0.25) is 4.79 Å². The molecule has 0 aliphatic carbocycles. The smallest absolute Gasteiger partial charge is 0.316 e. The van der Waals surface area contributed by atoms with Crippen LogP contribution in [0.1, 0.15) is 16.1 Å². The van der Waals surface area contributed by atoms with Gasteiger partial charge in [0.1, 0.15) is 0 Å². The van der Waals surface area contributed by atoms with Crippen molar-refractivity contribution in [2.75, 3.05) is 5.32 Å². The topological polar surface area (TPSA) is 63.5 Å². The number of nitrogens with zero attached hydrogens (tertiary/aromatic N) is 2. The van der Waals surface area contributed by atoms with Crippen molar-refractivity contribution in [3.8, 4) is 5.69 Å². The Hall–Kier alpha value is -2.43. The van der Waals surface area contributed by atoms with E-state index in [0.29, 0.717) is 5.56 Å². The minimum absolute atomic E-state index is 0.308. The Labute approximate surface area is 97.0 Å². The lowest BCUT2D eigenvalue weighted by atomic mass is 10.1. The maximum absolute atomic E-state index is 11.2. The zero-order valence-corrected chi connectivity index (χ0v) is 8.88. The van der Waals surface area contributed by atoms with Crippen LogP contribution in [0.5, 0.6) is 0 Å². The van der Waals surface area contributed by atoms with E-state index in [1.54, 1.807) is 18.2 Å². The van der Waals surface area contributed by atoms with Crippen LogP contribution in [-0.2, 0) is 6.54 Å². The Morgan fingerprint density at radius 3 is 3.06 bits per heavy atom. The molecule has 3 rings (SSSR count). The Bertz CT molecular complexity index is 616. The van der Waals surface area contributed by atoms with Crippen molar-refractivity contribution in [1.82, 2.24) is 4.57 Å². The van der Waals surface area contributed by atoms with Crippen LogP contribution in [0.3, 0.4) is 0 Å². The predicted molar refractivity (Wildman–Crippen MR) is 63.2 cm³/mol. The molecule has 1 N–H and O–H groups in total. The summed E-state index contributed by atoms with van der Waals surface area (Å²) in [4.78, 5) is 21.5. The first-order valence-electron chi connectivity index (χ1n) is 5.22. The van der Waals surface area contributed by atoms with E-state index in [0.717, 1.165) is 23.6 Å². The molecule has 0 unspecified atom stereocenters. The number of benzene rings is 1. The van der Waals surface area contributed by atoms with Crippen molar-refractivity contribution in [3.05, 3.63) is 52.7 Å². The Morgan fingerprint density at radius 2 is 2.24 bits per heavy atom. The molecule has 2 heterocycles. The summed E-state index contributed by atoms with van der Waals surface area (Å²) in [6, 6.07) is 9.01. The van der Waals surface area contributed by atoms with Gasteiger partial charge in [0.05, 0.1) is 17.9 Å². The molecule has 0 bridgehead atoms. The first kappa shape index (κ1) is 9.77. The molecule has 1 aromatic carbocycles. The number of carbonyl (C=O) groups is 1. The van der Waals surface area contributed by atoms with Gasteiger partial charge in [0, 0.05) is 22.6 Å². The van der Waals surface area contributed by atoms with E-state index in [2.05, 4.69) is 10.5 Å². The fourth-order valence-corrected chi connectivity index (χ4v) is 2.05. The third kappa shape index (κ3) is 1.44. The molecule has 17 heavy (non-hydrogen) atoms. The lowest BCUT2D eigenvalue weighted by molar-refractivity contribution is 0.100. The quantitative estimate of drug-likeness (QED) is 0.760. The molecular formula is C12H9N3O2. The van der Waals surface area contributed by atoms with Gasteiger partial charge in [-0.05, 0) is 30.3 Å². The van der Waals surface area contributed by atoms with E-state index in [1.165, 1.54) is 0 Å². The molecule has 0 atom stereocenters. The highest BCUT2D eigenvalue weighted by Gasteiger charge is 2.16. The Balaban J connectivity index is 2.18. The number of anilines is 1. The highest BCUT2D eigenvalue weighted by atomic mass is 16.3. The molecule has 0 fully saturated rings. The van der Waals surface area contributed by atoms with Gasteiger partial charge in [-0.15, -0.1) is 4.91 Å². The van der Waals surface area contributed by atoms with Crippen LogP contribution in [-0.4, -0.2) is 10.5 Å². The summed E-state index contributed by atoms with van der Waals surface area (Å²) in [7, 11) is 0. The molecule has 2 aromatic rings. The molecule has 1 aliphatic heterocycles. The van der Waals surface area contributed by atoms with E-state index < -0.39 is 5.91 Å². The fourth-order valence-electron chi connectivity index (χ4n) is 2.05. The summed E-state index contributed by atoms with van der Waals surface area (Å²) in [6.45, 7) is 0.749. The van der Waals surface area contributed by atoms with Crippen LogP contribution in [0, 0.1) is 4.91 Å². The van der Waals surface area contributed by atoms with Gasteiger partial charge in [-0.25, -0.2) is 0 Å². The number of rotatable bonds is 1. The van der Waals surface area contributed by atoms with Gasteiger partial charge in [0.25, 0.3) is 0 Å². The third-order valence-corrected chi connectivity index (χ3v) is 2.88. The number of carbonyl (C=O) groups excluding carboxylic acids is 1. The normalized spacial score (nSPS) is 12.2. The first-order valence-corrected chi connectivity index (χ1v) is 5.22. The van der Waals surface area contributed by atoms with E-state index in [1.807, 2.05) is 22.9 Å². The summed E-state index contributed by atoms with van der Waals surface area (Å²) in [5.74, 6) is -0.743. The van der Waals surface area contributed by atoms with Crippen molar-refractivity contribution in [1.29, 1.82) is 0 Å². The molecule has 5 heteroatoms. The Kier molecular flexibility index (Phi) is 2.04. The van der Waals surface area contributed by atoms with Crippen LogP contribution in [0.4, 0.5) is 5.69 Å². The van der Waals surface area contributed by atoms with Gasteiger partial charge < -0.3 is 9.88 Å². The molecule has 5 nitrogen and oxygen atoms in total. The third-order valence-electron chi connectivity index (χ3n) is 2.88. The van der Waals surface area contributed by atoms with Gasteiger partial charge in [0.15, 0.2) is 0 Å². The van der Waals surface area contributed by atoms with Crippen molar-refractivity contribution in [2.24, 2.45) is 5.18 Å². The van der Waals surface area contributed by atoms with E-state index in [9.17, 15) is 9.70 Å². The maximum Gasteiger partial charge on any atom is 0.316 e. The second-order valence-electron chi connectivity index (χ2n) is 3.85. The summed E-state index contributed by atoms with van der Waals surface area (Å²) < 4.78 is 1.99. The molecule has 1 aliphatic rings. The standard InChI is InChI=1S/C12H9N3O2/c16-12(14-17)8-3-4-10-11(6-8)15-5-1-2-9(15)7-13-10/h1-6,13H,7H2. The number of amides is 1. The number of fused-ring (bicyclic) bond motifs is 3. The van der Waals surface area contributed by atoms with Gasteiger partial charge in [0.2, 0.25) is 0 Å². The molecule has 1 amide bonds. The van der Waals surface area contributed by atoms with E-state index in [4.69, 9.17) is 0 Å². The van der Waals surface area contributed by atoms with Crippen molar-refractivity contribution in [2.45, 2.75) is 6.54 Å². The minimum Gasteiger partial charge on any atom is -0.378 e. The van der Waals surface area contributed by atoms with Crippen LogP contribution in [0.25, 0.3) is 5.69 Å². The maximum atomic E-state index is 11.2. The summed E-state index contributed by atoms with van der Waals surface area (Å²) in [6.07, 6.45) is 1.93. The largest absolute Gasteiger partial charge is 0.378 e. The van der Waals surface area contributed by atoms with Gasteiger partial charge >= 0.3 is 5.91 Å². The summed E-state index contributed by atoms with van der Waals surface area (Å²) >= 11 is 0. The van der Waals surface area contributed by atoms with Crippen LogP contribution >= 0.6 is 0 Å². The average molecular weight is 227 g/mol. The molecule has 0 saturated carbocycles. The molecule has 84 valence electrons. The number of nitrogens with one attached hydrogen (secondary N) is 1. The van der Waals surface area contributed by atoms with Crippen molar-refractivity contribution < 1.29 is 4.79 Å². The monoisotopic (exact) mass is 227 g/mol. The zero-order valence-electron chi connectivity index (χ0n) is 8.88. The zero-order chi connectivity index (χ0) is 11.8. The molecule has 1 aromatic heterocycles. The SMILES string of the molecule is O=NC(=O)c1ccc2c(c1)-n1cccc1CN2. The first-order chi connectivity index (χ1) is 8.29. The molecule has 0 saturated heterocycles. The molecule has 0 radical (unpaired) electrons.